The maximum Gasteiger partial charge on any atom is 0.155 e. The fourth-order valence-electron chi connectivity index (χ4n) is 1.44. The number of sulfone groups is 1. The second kappa shape index (κ2) is 7.63. The zero-order valence-corrected chi connectivity index (χ0v) is 15.6. The molecule has 0 aliphatic carbocycles. The minimum absolute atomic E-state index is 0.0462. The summed E-state index contributed by atoms with van der Waals surface area (Å²) in [4.78, 5) is 0. The molecule has 0 aromatic heterocycles. The lowest BCUT2D eigenvalue weighted by Crippen LogP contribution is -2.39. The van der Waals surface area contributed by atoms with Crippen LogP contribution in [0.2, 0.25) is 0 Å². The Morgan fingerprint density at radius 2 is 1.60 bits per heavy atom. The highest BCUT2D eigenvalue weighted by molar-refractivity contribution is 7.92. The van der Waals surface area contributed by atoms with E-state index in [-0.39, 0.29) is 11.9 Å². The second-order valence-corrected chi connectivity index (χ2v) is 10.1. The number of hydrogen-bond acceptors (Lipinski definition) is 4. The minimum atomic E-state index is -3.25. The van der Waals surface area contributed by atoms with Crippen molar-refractivity contribution in [1.29, 1.82) is 0 Å². The number of ether oxygens (including phenoxy) is 1. The number of nitrogens with zero attached hydrogens (tertiary/aromatic N) is 1. The molecule has 0 N–H and O–H groups in total. The first-order chi connectivity index (χ1) is 8.82. The van der Waals surface area contributed by atoms with Crippen molar-refractivity contribution in [2.75, 3.05) is 12.4 Å². The van der Waals surface area contributed by atoms with Gasteiger partial charge in [-0.25, -0.2) is 8.42 Å². The predicted molar refractivity (Wildman–Crippen MR) is 85.8 cm³/mol. The van der Waals surface area contributed by atoms with E-state index in [0.717, 1.165) is 3.94 Å². The predicted octanol–water partition coefficient (Wildman–Crippen LogP) is 3.77. The van der Waals surface area contributed by atoms with Gasteiger partial charge in [0.05, 0.1) is 16.6 Å². The summed E-state index contributed by atoms with van der Waals surface area (Å²) in [6.07, 6.45) is 0.949. The fraction of sp³-hybridized carbons (Fsp3) is 1.00. The monoisotopic (exact) mass is 347 g/mol. The van der Waals surface area contributed by atoms with E-state index >= 15 is 0 Å². The van der Waals surface area contributed by atoms with Crippen molar-refractivity contribution in [2.24, 2.45) is 0 Å². The first-order valence-corrected chi connectivity index (χ1v) is 9.10. The largest absolute Gasteiger partial charge is 0.379 e. The molecule has 0 amide bonds. The molecule has 0 spiro atoms. The Balaban J connectivity index is 4.62. The zero-order chi connectivity index (χ0) is 16.2. The number of hydrogen-bond donors (Lipinski definition) is 0. The van der Waals surface area contributed by atoms with E-state index in [0.29, 0.717) is 19.4 Å². The SMILES string of the molecule is CC(C)OCCC(C)(C)S(=O)(=O)CCC(C)(C)N(Cl)Cl. The molecular formula is C13H27Cl2NO3S. The quantitative estimate of drug-likeness (QED) is 0.595. The molecule has 122 valence electrons. The topological polar surface area (TPSA) is 46.6 Å². The van der Waals surface area contributed by atoms with Crippen molar-refractivity contribution in [3.05, 3.63) is 0 Å². The van der Waals surface area contributed by atoms with Crippen molar-refractivity contribution in [2.45, 2.75) is 70.8 Å². The third kappa shape index (κ3) is 6.48. The smallest absolute Gasteiger partial charge is 0.155 e. The van der Waals surface area contributed by atoms with Gasteiger partial charge in [0.15, 0.2) is 9.84 Å². The van der Waals surface area contributed by atoms with Crippen LogP contribution in [0.15, 0.2) is 0 Å². The molecule has 20 heavy (non-hydrogen) atoms. The summed E-state index contributed by atoms with van der Waals surface area (Å²) in [6.45, 7) is 11.4. The van der Waals surface area contributed by atoms with Gasteiger partial charge in [0.25, 0.3) is 0 Å². The van der Waals surface area contributed by atoms with E-state index in [1.165, 1.54) is 0 Å². The van der Waals surface area contributed by atoms with Crippen LogP contribution in [0.1, 0.15) is 54.4 Å². The summed E-state index contributed by atoms with van der Waals surface area (Å²) in [5.41, 5.74) is -0.583. The van der Waals surface area contributed by atoms with Crippen LogP contribution in [0.3, 0.4) is 0 Å². The molecule has 0 heterocycles. The van der Waals surface area contributed by atoms with Crippen molar-refractivity contribution in [3.8, 4) is 0 Å². The van der Waals surface area contributed by atoms with Gasteiger partial charge in [0.1, 0.15) is 0 Å². The van der Waals surface area contributed by atoms with Gasteiger partial charge < -0.3 is 4.74 Å². The van der Waals surface area contributed by atoms with E-state index in [1.54, 1.807) is 27.7 Å². The summed E-state index contributed by atoms with van der Waals surface area (Å²) < 4.78 is 30.5. The molecule has 0 aliphatic heterocycles. The van der Waals surface area contributed by atoms with Gasteiger partial charge >= 0.3 is 0 Å². The van der Waals surface area contributed by atoms with Gasteiger partial charge in [0.2, 0.25) is 0 Å². The van der Waals surface area contributed by atoms with Gasteiger partial charge in [0, 0.05) is 12.1 Å². The van der Waals surface area contributed by atoms with Crippen LogP contribution in [0.4, 0.5) is 0 Å². The van der Waals surface area contributed by atoms with Gasteiger partial charge in [-0.15, -0.1) is 3.94 Å². The van der Waals surface area contributed by atoms with E-state index in [9.17, 15) is 8.42 Å². The second-order valence-electron chi connectivity index (χ2n) is 6.54. The van der Waals surface area contributed by atoms with Crippen molar-refractivity contribution in [1.82, 2.24) is 3.94 Å². The lowest BCUT2D eigenvalue weighted by molar-refractivity contribution is 0.0727. The molecule has 4 nitrogen and oxygen atoms in total. The zero-order valence-electron chi connectivity index (χ0n) is 13.2. The molecule has 0 unspecified atom stereocenters. The number of halogens is 2. The van der Waals surface area contributed by atoms with Crippen LogP contribution in [-0.2, 0) is 14.6 Å². The molecule has 0 aliphatic rings. The minimum Gasteiger partial charge on any atom is -0.379 e. The third-order valence-corrected chi connectivity index (χ3v) is 6.98. The van der Waals surface area contributed by atoms with Crippen LogP contribution in [-0.4, -0.2) is 41.1 Å². The molecule has 0 aromatic carbocycles. The maximum atomic E-state index is 12.4. The normalized spacial score (nSPS) is 14.3. The Kier molecular flexibility index (Phi) is 7.81. The number of rotatable bonds is 9. The highest BCUT2D eigenvalue weighted by atomic mass is 35.5. The van der Waals surface area contributed by atoms with Crippen LogP contribution in [0.25, 0.3) is 0 Å². The van der Waals surface area contributed by atoms with E-state index in [4.69, 9.17) is 28.3 Å². The average molecular weight is 348 g/mol. The molecule has 0 radical (unpaired) electrons. The summed E-state index contributed by atoms with van der Waals surface area (Å²) in [5, 5.41) is 0. The Morgan fingerprint density at radius 1 is 1.10 bits per heavy atom. The lowest BCUT2D eigenvalue weighted by atomic mass is 10.0. The Bertz CT molecular complexity index is 392. The first kappa shape index (κ1) is 20.5. The fourth-order valence-corrected chi connectivity index (χ4v) is 3.33. The molecule has 7 heteroatoms. The maximum absolute atomic E-state index is 12.4. The Morgan fingerprint density at radius 3 is 2.00 bits per heavy atom. The van der Waals surface area contributed by atoms with Gasteiger partial charge in [-0.3, -0.25) is 0 Å². The van der Waals surface area contributed by atoms with Crippen LogP contribution in [0.5, 0.6) is 0 Å². The summed E-state index contributed by atoms with van der Waals surface area (Å²) in [7, 11) is -3.25. The highest BCUT2D eigenvalue weighted by Crippen LogP contribution is 2.28. The molecule has 0 bridgehead atoms. The molecule has 0 fully saturated rings. The van der Waals surface area contributed by atoms with Crippen LogP contribution < -0.4 is 0 Å². The van der Waals surface area contributed by atoms with Crippen molar-refractivity contribution < 1.29 is 13.2 Å². The van der Waals surface area contributed by atoms with Gasteiger partial charge in [-0.1, -0.05) is 0 Å². The molecule has 0 aromatic rings. The summed E-state index contributed by atoms with van der Waals surface area (Å²) in [6, 6.07) is 0. The Labute approximate surface area is 133 Å². The van der Waals surface area contributed by atoms with E-state index in [1.807, 2.05) is 13.8 Å². The van der Waals surface area contributed by atoms with E-state index < -0.39 is 20.1 Å². The molecule has 0 atom stereocenters. The van der Waals surface area contributed by atoms with Gasteiger partial charge in [-0.05, 0) is 77.9 Å². The van der Waals surface area contributed by atoms with Gasteiger partial charge in [-0.2, -0.15) is 0 Å². The van der Waals surface area contributed by atoms with Crippen molar-refractivity contribution in [3.63, 3.8) is 0 Å². The van der Waals surface area contributed by atoms with Crippen LogP contribution in [0, 0.1) is 0 Å². The van der Waals surface area contributed by atoms with Crippen molar-refractivity contribution >= 4 is 33.4 Å². The molecule has 0 saturated heterocycles. The summed E-state index contributed by atoms with van der Waals surface area (Å²) in [5.74, 6) is 0.0462. The molecular weight excluding hydrogens is 321 g/mol. The van der Waals surface area contributed by atoms with Crippen LogP contribution >= 0.6 is 23.6 Å². The standard InChI is InChI=1S/C13H27Cl2NO3S/c1-11(2)19-9-7-13(5,6)20(17,18)10-8-12(3,4)16(14)15/h11H,7-10H2,1-6H3. The average Bonchev–Trinajstić information content (AvgIpc) is 2.25. The van der Waals surface area contributed by atoms with E-state index in [2.05, 4.69) is 0 Å². The molecule has 0 saturated carbocycles. The summed E-state index contributed by atoms with van der Waals surface area (Å²) >= 11 is 11.4. The third-order valence-electron chi connectivity index (χ3n) is 3.44. The first-order valence-electron chi connectivity index (χ1n) is 6.77. The molecule has 0 rings (SSSR count). The lowest BCUT2D eigenvalue weighted by Gasteiger charge is -2.30. The Hall–Kier alpha value is 0.450. The highest BCUT2D eigenvalue weighted by Gasteiger charge is 2.36.